The van der Waals surface area contributed by atoms with Gasteiger partial charge in [-0.25, -0.2) is 4.98 Å². The number of alkyl halides is 4. The van der Waals surface area contributed by atoms with Crippen molar-refractivity contribution in [1.82, 2.24) is 4.98 Å². The van der Waals surface area contributed by atoms with Crippen molar-refractivity contribution in [2.24, 2.45) is 0 Å². The molecule has 0 unspecified atom stereocenters. The van der Waals surface area contributed by atoms with Crippen LogP contribution in [0.15, 0.2) is 18.2 Å². The van der Waals surface area contributed by atoms with E-state index in [4.69, 9.17) is 0 Å². The zero-order valence-corrected chi connectivity index (χ0v) is 10.4. The van der Waals surface area contributed by atoms with Crippen LogP contribution in [0.5, 0.6) is 0 Å². The number of aromatic nitrogens is 1. The van der Waals surface area contributed by atoms with E-state index in [-0.39, 0.29) is 0 Å². The Hall–Kier alpha value is -0.620. The number of hydrogen-bond donors (Lipinski definition) is 0. The molecule has 0 aliphatic carbocycles. The lowest BCUT2D eigenvalue weighted by Crippen LogP contribution is -2.03. The van der Waals surface area contributed by atoms with Crippen molar-refractivity contribution in [3.8, 4) is 0 Å². The van der Waals surface area contributed by atoms with Gasteiger partial charge in [0.05, 0.1) is 10.2 Å². The van der Waals surface area contributed by atoms with Gasteiger partial charge in [-0.1, -0.05) is 22.0 Å². The molecule has 1 aromatic carbocycles. The smallest absolute Gasteiger partial charge is 0.232 e. The van der Waals surface area contributed by atoms with Gasteiger partial charge in [0.25, 0.3) is 0 Å². The molecule has 0 amide bonds. The molecule has 0 saturated carbocycles. The van der Waals surface area contributed by atoms with Crippen molar-refractivity contribution in [3.05, 3.63) is 28.8 Å². The summed E-state index contributed by atoms with van der Waals surface area (Å²) in [4.78, 5) is 3.61. The number of rotatable bonds is 2. The third-order valence-corrected chi connectivity index (χ3v) is 3.56. The van der Waals surface area contributed by atoms with Gasteiger partial charge in [0.2, 0.25) is 0 Å². The van der Waals surface area contributed by atoms with Crippen LogP contribution in [0.3, 0.4) is 0 Å². The molecule has 2 rings (SSSR count). The van der Waals surface area contributed by atoms with Crippen LogP contribution in [-0.4, -0.2) is 10.3 Å². The molecule has 0 saturated heterocycles. The van der Waals surface area contributed by atoms with E-state index < -0.39 is 11.2 Å². The third-order valence-electron chi connectivity index (χ3n) is 2.08. The van der Waals surface area contributed by atoms with Crippen molar-refractivity contribution in [3.63, 3.8) is 0 Å². The molecule has 0 atom stereocenters. The van der Waals surface area contributed by atoms with Gasteiger partial charge in [-0.05, 0) is 24.1 Å². The van der Waals surface area contributed by atoms with Crippen LogP contribution in [0.4, 0.5) is 13.2 Å². The van der Waals surface area contributed by atoms with E-state index in [0.717, 1.165) is 17.3 Å². The number of nitrogens with zero attached hydrogens (tertiary/aromatic N) is 1. The second-order valence-corrected chi connectivity index (χ2v) is 5.08. The minimum atomic E-state index is -4.35. The first kappa shape index (κ1) is 11.9. The van der Waals surface area contributed by atoms with Crippen molar-refractivity contribution in [2.45, 2.75) is 12.6 Å². The second kappa shape index (κ2) is 4.33. The first-order valence-electron chi connectivity index (χ1n) is 4.53. The predicted octanol–water partition coefficient (Wildman–Crippen LogP) is 4.25. The second-order valence-electron chi connectivity index (χ2n) is 3.26. The first-order chi connectivity index (χ1) is 7.50. The quantitative estimate of drug-likeness (QED) is 0.756. The van der Waals surface area contributed by atoms with Crippen LogP contribution in [0.2, 0.25) is 0 Å². The molecule has 2 aromatic rings. The van der Waals surface area contributed by atoms with Gasteiger partial charge in [0.1, 0.15) is 0 Å². The molecule has 0 N–H and O–H groups in total. The van der Waals surface area contributed by atoms with Crippen LogP contribution in [-0.2, 0) is 12.6 Å². The number of halogens is 4. The number of fused-ring (bicyclic) bond motifs is 1. The number of thiazole rings is 1. The Morgan fingerprint density at radius 3 is 2.69 bits per heavy atom. The average molecular weight is 310 g/mol. The van der Waals surface area contributed by atoms with Crippen molar-refractivity contribution in [1.29, 1.82) is 0 Å². The van der Waals surface area contributed by atoms with E-state index in [1.165, 1.54) is 0 Å². The molecule has 0 fully saturated rings. The third kappa shape index (κ3) is 2.38. The largest absolute Gasteiger partial charge is 0.443 e. The topological polar surface area (TPSA) is 12.9 Å². The molecular formula is C10H7BrF3NS. The fraction of sp³-hybridized carbons (Fsp3) is 0.300. The highest BCUT2D eigenvalue weighted by molar-refractivity contribution is 9.09. The van der Waals surface area contributed by atoms with Gasteiger partial charge in [-0.15, -0.1) is 11.3 Å². The first-order valence-corrected chi connectivity index (χ1v) is 6.47. The van der Waals surface area contributed by atoms with Gasteiger partial charge < -0.3 is 0 Å². The summed E-state index contributed by atoms with van der Waals surface area (Å²) in [5, 5.41) is 0.00731. The molecule has 1 nitrogen and oxygen atoms in total. The molecular weight excluding hydrogens is 303 g/mol. The molecule has 0 aliphatic rings. The average Bonchev–Trinajstić information content (AvgIpc) is 2.60. The minimum Gasteiger partial charge on any atom is -0.232 e. The highest BCUT2D eigenvalue weighted by atomic mass is 79.9. The van der Waals surface area contributed by atoms with Crippen LogP contribution >= 0.6 is 27.3 Å². The number of hydrogen-bond acceptors (Lipinski definition) is 2. The maximum absolute atomic E-state index is 12.4. The van der Waals surface area contributed by atoms with Gasteiger partial charge in [0, 0.05) is 5.33 Å². The van der Waals surface area contributed by atoms with Crippen LogP contribution in [0.25, 0.3) is 10.2 Å². The summed E-state index contributed by atoms with van der Waals surface area (Å²) in [5.74, 6) is 0. The van der Waals surface area contributed by atoms with E-state index in [2.05, 4.69) is 20.9 Å². The predicted molar refractivity (Wildman–Crippen MR) is 62.1 cm³/mol. The van der Waals surface area contributed by atoms with E-state index in [0.29, 0.717) is 21.6 Å². The highest BCUT2D eigenvalue weighted by Gasteiger charge is 2.34. The maximum atomic E-state index is 12.4. The van der Waals surface area contributed by atoms with Crippen molar-refractivity contribution < 1.29 is 13.2 Å². The molecule has 16 heavy (non-hydrogen) atoms. The zero-order chi connectivity index (χ0) is 11.8. The number of benzene rings is 1. The summed E-state index contributed by atoms with van der Waals surface area (Å²) in [6.07, 6.45) is -3.56. The molecule has 0 aliphatic heterocycles. The Labute approximate surface area is 102 Å². The zero-order valence-electron chi connectivity index (χ0n) is 8.01. The summed E-state index contributed by atoms with van der Waals surface area (Å²) in [7, 11) is 0. The number of aryl methyl sites for hydroxylation is 1. The molecule has 0 radical (unpaired) electrons. The molecule has 86 valence electrons. The highest BCUT2D eigenvalue weighted by Crippen LogP contribution is 2.35. The van der Waals surface area contributed by atoms with E-state index in [1.807, 2.05) is 6.07 Å². The lowest BCUT2D eigenvalue weighted by atomic mass is 10.2. The fourth-order valence-electron chi connectivity index (χ4n) is 1.36. The van der Waals surface area contributed by atoms with Crippen molar-refractivity contribution >= 4 is 37.5 Å². The maximum Gasteiger partial charge on any atom is 0.443 e. The standard InChI is InChI=1S/C10H7BrF3NS/c11-4-3-6-1-2-8-7(5-6)15-9(16-8)10(12,13)14/h1-2,5H,3-4H2. The summed E-state index contributed by atoms with van der Waals surface area (Å²) in [6, 6.07) is 5.24. The van der Waals surface area contributed by atoms with Crippen molar-refractivity contribution in [2.75, 3.05) is 5.33 Å². The molecule has 1 heterocycles. The summed E-state index contributed by atoms with van der Waals surface area (Å²) in [6.45, 7) is 0. The van der Waals surface area contributed by atoms with Crippen LogP contribution in [0, 0.1) is 0 Å². The van der Waals surface area contributed by atoms with Gasteiger partial charge in [-0.2, -0.15) is 13.2 Å². The van der Waals surface area contributed by atoms with E-state index in [9.17, 15) is 13.2 Å². The molecule has 1 aromatic heterocycles. The lowest BCUT2D eigenvalue weighted by Gasteiger charge is -1.98. The van der Waals surface area contributed by atoms with E-state index in [1.54, 1.807) is 12.1 Å². The van der Waals surface area contributed by atoms with Gasteiger partial charge in [-0.3, -0.25) is 0 Å². The molecule has 0 spiro atoms. The summed E-state index contributed by atoms with van der Waals surface area (Å²) in [5.41, 5.74) is 1.42. The Kier molecular flexibility index (Phi) is 3.21. The Balaban J connectivity index is 2.46. The monoisotopic (exact) mass is 309 g/mol. The van der Waals surface area contributed by atoms with E-state index >= 15 is 0 Å². The van der Waals surface area contributed by atoms with Gasteiger partial charge >= 0.3 is 6.18 Å². The molecule has 6 heteroatoms. The van der Waals surface area contributed by atoms with Gasteiger partial charge in [0.15, 0.2) is 5.01 Å². The van der Waals surface area contributed by atoms with Crippen LogP contribution < -0.4 is 0 Å². The summed E-state index contributed by atoms with van der Waals surface area (Å²) < 4.78 is 37.8. The lowest BCUT2D eigenvalue weighted by molar-refractivity contribution is -0.137. The Bertz CT molecular complexity index is 506. The minimum absolute atomic E-state index is 0.427. The SMILES string of the molecule is FC(F)(F)c1nc2cc(CCBr)ccc2s1. The Morgan fingerprint density at radius 1 is 1.31 bits per heavy atom. The van der Waals surface area contributed by atoms with Crippen LogP contribution in [0.1, 0.15) is 10.6 Å². The normalized spacial score (nSPS) is 12.2. The molecule has 0 bridgehead atoms. The Morgan fingerprint density at radius 2 is 2.06 bits per heavy atom. The summed E-state index contributed by atoms with van der Waals surface area (Å²) >= 11 is 3.97. The fourth-order valence-corrected chi connectivity index (χ4v) is 2.63.